The van der Waals surface area contributed by atoms with Crippen LogP contribution in [0.25, 0.3) is 0 Å². The van der Waals surface area contributed by atoms with Crippen LogP contribution in [0, 0.1) is 10.1 Å². The van der Waals surface area contributed by atoms with Crippen molar-refractivity contribution in [2.45, 2.75) is 0 Å². The molecule has 0 aliphatic heterocycles. The number of nitro benzene ring substituents is 1. The number of halogens is 1. The van der Waals surface area contributed by atoms with E-state index in [1.165, 1.54) is 12.1 Å². The van der Waals surface area contributed by atoms with Crippen LogP contribution in [0.1, 0.15) is 0 Å². The van der Waals surface area contributed by atoms with Crippen LogP contribution in [0.3, 0.4) is 0 Å². The van der Waals surface area contributed by atoms with Crippen LogP contribution in [0.2, 0.25) is 0 Å². The Hall–Kier alpha value is -1.14. The van der Waals surface area contributed by atoms with Crippen molar-refractivity contribution in [3.63, 3.8) is 0 Å². The highest BCUT2D eigenvalue weighted by Crippen LogP contribution is 2.25. The summed E-state index contributed by atoms with van der Waals surface area (Å²) in [6.07, 6.45) is 0. The summed E-state index contributed by atoms with van der Waals surface area (Å²) in [5, 5.41) is 10.5. The second-order valence-electron chi connectivity index (χ2n) is 2.74. The maximum Gasteiger partial charge on any atom is 0.274 e. The molecule has 0 N–H and O–H groups in total. The molecular weight excluding hydrogens is 266 g/mol. The molecule has 0 saturated carbocycles. The van der Waals surface area contributed by atoms with E-state index >= 15 is 0 Å². The smallest absolute Gasteiger partial charge is 0.274 e. The largest absolute Gasteiger partial charge is 0.491 e. The predicted molar refractivity (Wildman–Crippen MR) is 58.2 cm³/mol. The van der Waals surface area contributed by atoms with Gasteiger partial charge in [0.15, 0.2) is 0 Å². The van der Waals surface area contributed by atoms with Gasteiger partial charge in [0, 0.05) is 17.6 Å². The van der Waals surface area contributed by atoms with E-state index in [9.17, 15) is 10.1 Å². The van der Waals surface area contributed by atoms with Crippen LogP contribution in [0.5, 0.6) is 5.75 Å². The van der Waals surface area contributed by atoms with Crippen LogP contribution in [-0.4, -0.2) is 25.2 Å². The molecule has 1 aromatic rings. The summed E-state index contributed by atoms with van der Waals surface area (Å²) in [5.41, 5.74) is -0.00297. The second kappa shape index (κ2) is 5.67. The van der Waals surface area contributed by atoms with Crippen LogP contribution < -0.4 is 4.74 Å². The first-order valence-corrected chi connectivity index (χ1v) is 4.99. The number of non-ortho nitro benzene ring substituents is 1. The lowest BCUT2D eigenvalue weighted by molar-refractivity contribution is -0.385. The molecule has 0 spiro atoms. The van der Waals surface area contributed by atoms with Gasteiger partial charge in [-0.3, -0.25) is 10.1 Å². The number of hydrogen-bond donors (Lipinski definition) is 0. The van der Waals surface area contributed by atoms with E-state index in [2.05, 4.69) is 15.9 Å². The zero-order chi connectivity index (χ0) is 11.3. The number of benzene rings is 1. The number of rotatable bonds is 5. The van der Waals surface area contributed by atoms with E-state index in [0.29, 0.717) is 23.4 Å². The van der Waals surface area contributed by atoms with Gasteiger partial charge in [-0.2, -0.15) is 0 Å². The highest BCUT2D eigenvalue weighted by atomic mass is 79.9. The fourth-order valence-electron chi connectivity index (χ4n) is 0.980. The first kappa shape index (κ1) is 11.9. The molecule has 0 fully saturated rings. The summed E-state index contributed by atoms with van der Waals surface area (Å²) in [7, 11) is 1.56. The maximum absolute atomic E-state index is 10.5. The summed E-state index contributed by atoms with van der Waals surface area (Å²) >= 11 is 3.17. The van der Waals surface area contributed by atoms with Crippen molar-refractivity contribution in [2.75, 3.05) is 20.3 Å². The van der Waals surface area contributed by atoms with Crippen molar-refractivity contribution in [3.05, 3.63) is 32.8 Å². The van der Waals surface area contributed by atoms with Crippen molar-refractivity contribution in [1.82, 2.24) is 0 Å². The molecule has 0 atom stereocenters. The molecule has 0 heterocycles. The maximum atomic E-state index is 10.5. The molecule has 5 nitrogen and oxygen atoms in total. The highest BCUT2D eigenvalue weighted by molar-refractivity contribution is 9.10. The summed E-state index contributed by atoms with van der Waals surface area (Å²) in [6, 6.07) is 4.46. The molecule has 1 rings (SSSR count). The molecule has 0 aromatic heterocycles. The lowest BCUT2D eigenvalue weighted by Crippen LogP contribution is -2.04. The Morgan fingerprint density at radius 2 is 2.13 bits per heavy atom. The standard InChI is InChI=1S/C9H10BrNO4/c1-14-2-3-15-9-5-7(10)4-8(6-9)11(12)13/h4-6H,2-3H2,1H3. The quantitative estimate of drug-likeness (QED) is 0.470. The number of nitrogens with zero attached hydrogens (tertiary/aromatic N) is 1. The van der Waals surface area contributed by atoms with Gasteiger partial charge in [-0.25, -0.2) is 0 Å². The summed E-state index contributed by atoms with van der Waals surface area (Å²) in [6.45, 7) is 0.810. The highest BCUT2D eigenvalue weighted by Gasteiger charge is 2.09. The van der Waals surface area contributed by atoms with Gasteiger partial charge in [0.25, 0.3) is 5.69 Å². The molecule has 0 saturated heterocycles. The molecule has 0 aliphatic carbocycles. The Bertz CT molecular complexity index is 356. The van der Waals surface area contributed by atoms with Crippen molar-refractivity contribution >= 4 is 21.6 Å². The van der Waals surface area contributed by atoms with Crippen molar-refractivity contribution in [3.8, 4) is 5.75 Å². The fraction of sp³-hybridized carbons (Fsp3) is 0.333. The Balaban J connectivity index is 2.75. The summed E-state index contributed by atoms with van der Waals surface area (Å²) in [5.74, 6) is 0.452. The predicted octanol–water partition coefficient (Wildman–Crippen LogP) is 2.38. The Morgan fingerprint density at radius 1 is 1.40 bits per heavy atom. The van der Waals surface area contributed by atoms with E-state index in [0.717, 1.165) is 0 Å². The average Bonchev–Trinajstić information content (AvgIpc) is 2.17. The van der Waals surface area contributed by atoms with Crippen LogP contribution >= 0.6 is 15.9 Å². The van der Waals surface area contributed by atoms with Gasteiger partial charge >= 0.3 is 0 Å². The minimum atomic E-state index is -0.464. The topological polar surface area (TPSA) is 61.6 Å². The molecule has 0 unspecified atom stereocenters. The average molecular weight is 276 g/mol. The molecule has 0 amide bonds. The zero-order valence-electron chi connectivity index (χ0n) is 8.10. The Labute approximate surface area is 95.3 Å². The molecular formula is C9H10BrNO4. The minimum Gasteiger partial charge on any atom is -0.491 e. The van der Waals surface area contributed by atoms with Crippen LogP contribution in [0.15, 0.2) is 22.7 Å². The van der Waals surface area contributed by atoms with Gasteiger partial charge in [0.2, 0.25) is 0 Å². The molecule has 1 aromatic carbocycles. The SMILES string of the molecule is COCCOc1cc(Br)cc([N+](=O)[O-])c1. The van der Waals surface area contributed by atoms with Gasteiger partial charge in [-0.15, -0.1) is 0 Å². The Morgan fingerprint density at radius 3 is 2.73 bits per heavy atom. The molecule has 82 valence electrons. The van der Waals surface area contributed by atoms with E-state index in [4.69, 9.17) is 9.47 Å². The van der Waals surface area contributed by atoms with Crippen LogP contribution in [0.4, 0.5) is 5.69 Å². The number of nitro groups is 1. The molecule has 6 heteroatoms. The lowest BCUT2D eigenvalue weighted by atomic mass is 10.3. The van der Waals surface area contributed by atoms with E-state index < -0.39 is 4.92 Å². The van der Waals surface area contributed by atoms with E-state index in [1.807, 2.05) is 0 Å². The third kappa shape index (κ3) is 3.85. The molecule has 15 heavy (non-hydrogen) atoms. The third-order valence-electron chi connectivity index (χ3n) is 1.62. The first-order chi connectivity index (χ1) is 7.13. The Kier molecular flexibility index (Phi) is 4.51. The minimum absolute atomic E-state index is 0.00297. The number of methoxy groups -OCH3 is 1. The molecule has 0 radical (unpaired) electrons. The van der Waals surface area contributed by atoms with Crippen LogP contribution in [-0.2, 0) is 4.74 Å². The zero-order valence-corrected chi connectivity index (χ0v) is 9.69. The van der Waals surface area contributed by atoms with E-state index in [1.54, 1.807) is 13.2 Å². The fourth-order valence-corrected chi connectivity index (χ4v) is 1.44. The van der Waals surface area contributed by atoms with Crippen molar-refractivity contribution in [2.24, 2.45) is 0 Å². The summed E-state index contributed by atoms with van der Waals surface area (Å²) in [4.78, 5) is 10.1. The van der Waals surface area contributed by atoms with Gasteiger partial charge in [0.1, 0.15) is 12.4 Å². The second-order valence-corrected chi connectivity index (χ2v) is 3.66. The normalized spacial score (nSPS) is 10.0. The number of ether oxygens (including phenoxy) is 2. The number of hydrogen-bond acceptors (Lipinski definition) is 4. The van der Waals surface area contributed by atoms with E-state index in [-0.39, 0.29) is 5.69 Å². The van der Waals surface area contributed by atoms with Crippen molar-refractivity contribution < 1.29 is 14.4 Å². The molecule has 0 aliphatic rings. The lowest BCUT2D eigenvalue weighted by Gasteiger charge is -2.05. The molecule has 0 bridgehead atoms. The van der Waals surface area contributed by atoms with Crippen molar-refractivity contribution in [1.29, 1.82) is 0 Å². The monoisotopic (exact) mass is 275 g/mol. The van der Waals surface area contributed by atoms with Gasteiger partial charge in [0.05, 0.1) is 17.6 Å². The van der Waals surface area contributed by atoms with Gasteiger partial charge < -0.3 is 9.47 Å². The summed E-state index contributed by atoms with van der Waals surface area (Å²) < 4.78 is 10.7. The van der Waals surface area contributed by atoms with Gasteiger partial charge in [-0.1, -0.05) is 15.9 Å². The van der Waals surface area contributed by atoms with Gasteiger partial charge in [-0.05, 0) is 6.07 Å². The first-order valence-electron chi connectivity index (χ1n) is 4.20. The third-order valence-corrected chi connectivity index (χ3v) is 2.08.